The molecule has 0 atom stereocenters. The Morgan fingerprint density at radius 1 is 1.14 bits per heavy atom. The van der Waals surface area contributed by atoms with Gasteiger partial charge in [-0.1, -0.05) is 0 Å². The summed E-state index contributed by atoms with van der Waals surface area (Å²) in [5.41, 5.74) is 8.50. The summed E-state index contributed by atoms with van der Waals surface area (Å²) in [4.78, 5) is 13.6. The third-order valence-electron chi connectivity index (χ3n) is 3.20. The zero-order chi connectivity index (χ0) is 15.9. The molecule has 22 heavy (non-hydrogen) atoms. The second-order valence-electron chi connectivity index (χ2n) is 4.92. The van der Waals surface area contributed by atoms with Crippen LogP contribution in [-0.2, 0) is 7.05 Å². The van der Waals surface area contributed by atoms with E-state index in [0.717, 1.165) is 22.0 Å². The second-order valence-corrected chi connectivity index (χ2v) is 5.90. The Kier molecular flexibility index (Phi) is 3.57. The van der Waals surface area contributed by atoms with Gasteiger partial charge in [0.05, 0.1) is 10.6 Å². The highest BCUT2D eigenvalue weighted by molar-refractivity contribution is 7.99. The van der Waals surface area contributed by atoms with E-state index in [1.807, 2.05) is 32.5 Å². The molecule has 0 saturated heterocycles. The molecule has 0 saturated carbocycles. The van der Waals surface area contributed by atoms with Crippen LogP contribution in [0.2, 0.25) is 0 Å². The number of hydrogen-bond acceptors (Lipinski definition) is 7. The Labute approximate surface area is 131 Å². The number of nitrogens with two attached hydrogens (primary N) is 1. The van der Waals surface area contributed by atoms with Gasteiger partial charge in [0.25, 0.3) is 0 Å². The molecule has 3 aromatic rings. The van der Waals surface area contributed by atoms with Gasteiger partial charge < -0.3 is 5.73 Å². The van der Waals surface area contributed by atoms with Crippen molar-refractivity contribution in [1.82, 2.24) is 34.5 Å². The van der Waals surface area contributed by atoms with Crippen LogP contribution in [0.15, 0.2) is 22.4 Å². The summed E-state index contributed by atoms with van der Waals surface area (Å²) in [6.45, 7) is 5.85. The van der Waals surface area contributed by atoms with Crippen LogP contribution in [0.4, 0.5) is 5.95 Å². The van der Waals surface area contributed by atoms with Crippen LogP contribution in [-0.4, -0.2) is 34.5 Å². The number of nitrogens with zero attached hydrogens (tertiary/aromatic N) is 7. The first-order valence-corrected chi connectivity index (χ1v) is 7.47. The lowest BCUT2D eigenvalue weighted by molar-refractivity contribution is 0.729. The van der Waals surface area contributed by atoms with Crippen LogP contribution in [0, 0.1) is 20.8 Å². The SMILES string of the molecule is Cc1cc(-n2cnc(Sc3c(C)nn(C)c3C)n2)nc(N)n1. The predicted molar refractivity (Wildman–Crippen MR) is 82.9 cm³/mol. The van der Waals surface area contributed by atoms with Gasteiger partial charge in [-0.25, -0.2) is 14.6 Å². The lowest BCUT2D eigenvalue weighted by Crippen LogP contribution is -2.04. The standard InChI is InChI=1S/C13H16N8S/c1-7-5-10(17-12(14)16-7)21-6-15-13(19-21)22-11-8(2)18-20(4)9(11)3/h5-6H,1-4H3,(H2,14,16,17). The van der Waals surface area contributed by atoms with E-state index in [-0.39, 0.29) is 5.95 Å². The summed E-state index contributed by atoms with van der Waals surface area (Å²) in [7, 11) is 1.92. The topological polar surface area (TPSA) is 100 Å². The van der Waals surface area contributed by atoms with Crippen molar-refractivity contribution >= 4 is 17.7 Å². The van der Waals surface area contributed by atoms with Gasteiger partial charge in [-0.15, -0.1) is 5.10 Å². The number of aromatic nitrogens is 7. The minimum Gasteiger partial charge on any atom is -0.368 e. The quantitative estimate of drug-likeness (QED) is 0.780. The van der Waals surface area contributed by atoms with Crippen LogP contribution in [0.3, 0.4) is 0 Å². The molecule has 114 valence electrons. The molecule has 9 heteroatoms. The number of anilines is 1. The van der Waals surface area contributed by atoms with E-state index in [0.29, 0.717) is 11.0 Å². The smallest absolute Gasteiger partial charge is 0.222 e. The molecule has 0 aromatic carbocycles. The van der Waals surface area contributed by atoms with Crippen molar-refractivity contribution < 1.29 is 0 Å². The molecular formula is C13H16N8S. The Balaban J connectivity index is 1.91. The van der Waals surface area contributed by atoms with E-state index in [1.165, 1.54) is 11.8 Å². The van der Waals surface area contributed by atoms with Crippen molar-refractivity contribution in [2.45, 2.75) is 30.8 Å². The Bertz CT molecular complexity index is 814. The summed E-state index contributed by atoms with van der Waals surface area (Å²) in [6.07, 6.45) is 1.62. The van der Waals surface area contributed by atoms with Crippen molar-refractivity contribution in [3.63, 3.8) is 0 Å². The van der Waals surface area contributed by atoms with Gasteiger partial charge in [-0.3, -0.25) is 4.68 Å². The second kappa shape index (κ2) is 5.41. The minimum absolute atomic E-state index is 0.221. The zero-order valence-electron chi connectivity index (χ0n) is 12.8. The molecule has 0 amide bonds. The third-order valence-corrected chi connectivity index (χ3v) is 4.36. The molecule has 0 aliphatic heterocycles. The number of aryl methyl sites for hydroxylation is 3. The highest BCUT2D eigenvalue weighted by Crippen LogP contribution is 2.30. The van der Waals surface area contributed by atoms with Crippen LogP contribution in [0.25, 0.3) is 5.82 Å². The van der Waals surface area contributed by atoms with Gasteiger partial charge in [0.2, 0.25) is 11.1 Å². The van der Waals surface area contributed by atoms with Gasteiger partial charge in [-0.2, -0.15) is 10.1 Å². The normalized spacial score (nSPS) is 11.1. The monoisotopic (exact) mass is 316 g/mol. The molecule has 2 N–H and O–H groups in total. The summed E-state index contributed by atoms with van der Waals surface area (Å²) in [6, 6.07) is 1.81. The molecule has 0 fully saturated rings. The first-order valence-electron chi connectivity index (χ1n) is 6.65. The molecular weight excluding hydrogens is 300 g/mol. The van der Waals surface area contributed by atoms with E-state index in [1.54, 1.807) is 17.1 Å². The van der Waals surface area contributed by atoms with Crippen LogP contribution < -0.4 is 5.73 Å². The summed E-state index contributed by atoms with van der Waals surface area (Å²) >= 11 is 1.48. The van der Waals surface area contributed by atoms with Gasteiger partial charge in [-0.05, 0) is 32.5 Å². The van der Waals surface area contributed by atoms with E-state index < -0.39 is 0 Å². The maximum atomic E-state index is 5.67. The summed E-state index contributed by atoms with van der Waals surface area (Å²) in [5, 5.41) is 9.46. The molecule has 0 bridgehead atoms. The molecule has 0 aliphatic rings. The van der Waals surface area contributed by atoms with Crippen LogP contribution >= 0.6 is 11.8 Å². The lowest BCUT2D eigenvalue weighted by atomic mass is 10.4. The van der Waals surface area contributed by atoms with E-state index in [9.17, 15) is 0 Å². The average Bonchev–Trinajstić information content (AvgIpc) is 2.99. The van der Waals surface area contributed by atoms with Gasteiger partial charge in [0.1, 0.15) is 6.33 Å². The maximum Gasteiger partial charge on any atom is 0.222 e. The average molecular weight is 316 g/mol. The van der Waals surface area contributed by atoms with Crippen molar-refractivity contribution in [3.05, 3.63) is 29.5 Å². The fourth-order valence-corrected chi connectivity index (χ4v) is 2.97. The largest absolute Gasteiger partial charge is 0.368 e. The van der Waals surface area contributed by atoms with Crippen molar-refractivity contribution in [2.24, 2.45) is 7.05 Å². The van der Waals surface area contributed by atoms with Gasteiger partial charge in [0, 0.05) is 24.5 Å². The summed E-state index contributed by atoms with van der Waals surface area (Å²) in [5.74, 6) is 0.822. The van der Waals surface area contributed by atoms with Crippen molar-refractivity contribution in [1.29, 1.82) is 0 Å². The Hall–Kier alpha value is -2.42. The first-order chi connectivity index (χ1) is 10.4. The minimum atomic E-state index is 0.221. The van der Waals surface area contributed by atoms with Gasteiger partial charge in [0.15, 0.2) is 5.82 Å². The van der Waals surface area contributed by atoms with Crippen molar-refractivity contribution in [3.8, 4) is 5.82 Å². The molecule has 0 unspecified atom stereocenters. The maximum absolute atomic E-state index is 5.67. The Morgan fingerprint density at radius 3 is 2.55 bits per heavy atom. The summed E-state index contributed by atoms with van der Waals surface area (Å²) < 4.78 is 3.44. The highest BCUT2D eigenvalue weighted by atomic mass is 32.2. The van der Waals surface area contributed by atoms with Crippen molar-refractivity contribution in [2.75, 3.05) is 5.73 Å². The molecule has 0 aliphatic carbocycles. The fraction of sp³-hybridized carbons (Fsp3) is 0.308. The molecule has 0 spiro atoms. The first kappa shape index (κ1) is 14.5. The van der Waals surface area contributed by atoms with Gasteiger partial charge >= 0.3 is 0 Å². The molecule has 3 aromatic heterocycles. The lowest BCUT2D eigenvalue weighted by Gasteiger charge is -2.01. The number of nitrogen functional groups attached to an aromatic ring is 1. The Morgan fingerprint density at radius 2 is 1.91 bits per heavy atom. The number of hydrogen-bond donors (Lipinski definition) is 1. The van der Waals surface area contributed by atoms with Crippen LogP contribution in [0.5, 0.6) is 0 Å². The molecule has 3 heterocycles. The van der Waals surface area contributed by atoms with E-state index in [4.69, 9.17) is 5.73 Å². The predicted octanol–water partition coefficient (Wildman–Crippen LogP) is 1.45. The fourth-order valence-electron chi connectivity index (χ4n) is 2.09. The molecule has 3 rings (SSSR count). The number of rotatable bonds is 3. The molecule has 0 radical (unpaired) electrons. The third kappa shape index (κ3) is 2.67. The van der Waals surface area contributed by atoms with Crippen LogP contribution in [0.1, 0.15) is 17.1 Å². The molecule has 8 nitrogen and oxygen atoms in total. The highest BCUT2D eigenvalue weighted by Gasteiger charge is 2.14. The van der Waals surface area contributed by atoms with E-state index >= 15 is 0 Å². The van der Waals surface area contributed by atoms with E-state index in [2.05, 4.69) is 25.1 Å². The zero-order valence-corrected chi connectivity index (χ0v) is 13.6.